The molecule has 0 bridgehead atoms. The van der Waals surface area contributed by atoms with E-state index in [2.05, 4.69) is 62.9 Å². The van der Waals surface area contributed by atoms with Crippen LogP contribution in [-0.2, 0) is 0 Å². The Kier molecular flexibility index (Phi) is 12.1. The molecule has 5 nitrogen and oxygen atoms in total. The lowest BCUT2D eigenvalue weighted by molar-refractivity contribution is 0.255. The second-order valence-corrected chi connectivity index (χ2v) is 7.43. The summed E-state index contributed by atoms with van der Waals surface area (Å²) in [6.45, 7) is 9.78. The standard InChI is InChI=1S/C19H33N5S.HI/c1-17-6-4-7-18(16-17)24-13-11-23(12-14-24)10-5-8-21-19(20-2)22-9-15-25-3;/h4,6-7,16H,5,8-15H2,1-3H3,(H2,20,21,22);1H. The molecule has 0 aliphatic carbocycles. The molecule has 0 atom stereocenters. The van der Waals surface area contributed by atoms with Gasteiger partial charge in [-0.15, -0.1) is 24.0 Å². The van der Waals surface area contributed by atoms with E-state index in [0.29, 0.717) is 0 Å². The van der Waals surface area contributed by atoms with Gasteiger partial charge in [-0.1, -0.05) is 12.1 Å². The number of hydrogen-bond acceptors (Lipinski definition) is 4. The Morgan fingerprint density at radius 1 is 1.15 bits per heavy atom. The quantitative estimate of drug-likeness (QED) is 0.254. The van der Waals surface area contributed by atoms with E-state index < -0.39 is 0 Å². The summed E-state index contributed by atoms with van der Waals surface area (Å²) in [6, 6.07) is 8.83. The van der Waals surface area contributed by atoms with Gasteiger partial charge in [0, 0.05) is 57.8 Å². The normalized spacial score (nSPS) is 15.5. The van der Waals surface area contributed by atoms with Gasteiger partial charge in [-0.2, -0.15) is 11.8 Å². The molecule has 1 aliphatic rings. The van der Waals surface area contributed by atoms with Crippen molar-refractivity contribution in [3.63, 3.8) is 0 Å². The third-order valence-corrected chi connectivity index (χ3v) is 5.12. The van der Waals surface area contributed by atoms with Gasteiger partial charge in [0.15, 0.2) is 5.96 Å². The number of hydrogen-bond donors (Lipinski definition) is 2. The molecule has 1 aliphatic heterocycles. The van der Waals surface area contributed by atoms with Gasteiger partial charge in [0.1, 0.15) is 0 Å². The molecule has 0 spiro atoms. The molecule has 0 unspecified atom stereocenters. The van der Waals surface area contributed by atoms with Crippen LogP contribution >= 0.6 is 35.7 Å². The highest BCUT2D eigenvalue weighted by molar-refractivity contribution is 14.0. The van der Waals surface area contributed by atoms with Crippen molar-refractivity contribution in [1.29, 1.82) is 0 Å². The number of piperazine rings is 1. The van der Waals surface area contributed by atoms with Crippen LogP contribution in [0.3, 0.4) is 0 Å². The van der Waals surface area contributed by atoms with Crippen LogP contribution in [0.1, 0.15) is 12.0 Å². The van der Waals surface area contributed by atoms with E-state index in [1.807, 2.05) is 18.8 Å². The van der Waals surface area contributed by atoms with Crippen molar-refractivity contribution in [3.8, 4) is 0 Å². The van der Waals surface area contributed by atoms with Crippen molar-refractivity contribution in [2.75, 3.05) is 69.8 Å². The van der Waals surface area contributed by atoms with Crippen LogP contribution in [0, 0.1) is 6.92 Å². The van der Waals surface area contributed by atoms with Crippen LogP contribution in [0.15, 0.2) is 29.3 Å². The number of anilines is 1. The Balaban J connectivity index is 0.00000338. The second-order valence-electron chi connectivity index (χ2n) is 6.44. The topological polar surface area (TPSA) is 42.9 Å². The Morgan fingerprint density at radius 3 is 2.54 bits per heavy atom. The summed E-state index contributed by atoms with van der Waals surface area (Å²) in [5.74, 6) is 2.02. The molecule has 2 N–H and O–H groups in total. The van der Waals surface area contributed by atoms with Gasteiger partial charge in [0.2, 0.25) is 0 Å². The molecule has 26 heavy (non-hydrogen) atoms. The molecular formula is C19H34IN5S. The highest BCUT2D eigenvalue weighted by Crippen LogP contribution is 2.17. The molecule has 1 aromatic rings. The summed E-state index contributed by atoms with van der Waals surface area (Å²) in [6.07, 6.45) is 3.27. The number of aliphatic imine (C=N–C) groups is 1. The monoisotopic (exact) mass is 491 g/mol. The number of benzene rings is 1. The first-order valence-electron chi connectivity index (χ1n) is 9.20. The van der Waals surface area contributed by atoms with Crippen molar-refractivity contribution in [3.05, 3.63) is 29.8 Å². The first-order valence-corrected chi connectivity index (χ1v) is 10.6. The molecule has 2 rings (SSSR count). The van der Waals surface area contributed by atoms with Crippen LogP contribution in [0.4, 0.5) is 5.69 Å². The summed E-state index contributed by atoms with van der Waals surface area (Å²) >= 11 is 1.84. The fourth-order valence-electron chi connectivity index (χ4n) is 3.06. The highest BCUT2D eigenvalue weighted by atomic mass is 127. The molecular weight excluding hydrogens is 457 g/mol. The summed E-state index contributed by atoms with van der Waals surface area (Å²) in [5.41, 5.74) is 2.70. The fraction of sp³-hybridized carbons (Fsp3) is 0.632. The van der Waals surface area contributed by atoms with Gasteiger partial charge in [-0.05, 0) is 43.8 Å². The van der Waals surface area contributed by atoms with E-state index in [4.69, 9.17) is 0 Å². The zero-order valence-electron chi connectivity index (χ0n) is 16.3. The van der Waals surface area contributed by atoms with E-state index in [-0.39, 0.29) is 24.0 Å². The van der Waals surface area contributed by atoms with Gasteiger partial charge in [0.25, 0.3) is 0 Å². The number of halogens is 1. The van der Waals surface area contributed by atoms with Crippen LogP contribution in [0.2, 0.25) is 0 Å². The molecule has 1 saturated heterocycles. The average molecular weight is 491 g/mol. The van der Waals surface area contributed by atoms with Gasteiger partial charge in [0.05, 0.1) is 0 Å². The van der Waals surface area contributed by atoms with Crippen LogP contribution < -0.4 is 15.5 Å². The zero-order chi connectivity index (χ0) is 17.9. The van der Waals surface area contributed by atoms with Crippen molar-refractivity contribution in [2.45, 2.75) is 13.3 Å². The number of aryl methyl sites for hydroxylation is 1. The molecule has 7 heteroatoms. The Bertz CT molecular complexity index is 532. The number of nitrogens with one attached hydrogen (secondary N) is 2. The predicted molar refractivity (Wildman–Crippen MR) is 128 cm³/mol. The van der Waals surface area contributed by atoms with Gasteiger partial charge >= 0.3 is 0 Å². The Labute approximate surface area is 180 Å². The molecule has 0 amide bonds. The maximum atomic E-state index is 4.26. The lowest BCUT2D eigenvalue weighted by Gasteiger charge is -2.36. The number of rotatable bonds is 8. The molecule has 148 valence electrons. The van der Waals surface area contributed by atoms with E-state index in [1.165, 1.54) is 11.3 Å². The maximum Gasteiger partial charge on any atom is 0.191 e. The van der Waals surface area contributed by atoms with Crippen LogP contribution in [-0.4, -0.2) is 75.7 Å². The predicted octanol–water partition coefficient (Wildman–Crippen LogP) is 2.65. The number of nitrogens with zero attached hydrogens (tertiary/aromatic N) is 3. The SMILES string of the molecule is CN=C(NCCCN1CCN(c2cccc(C)c2)CC1)NCCSC.I. The summed E-state index contributed by atoms with van der Waals surface area (Å²) in [7, 11) is 1.83. The third kappa shape index (κ3) is 8.35. The smallest absolute Gasteiger partial charge is 0.191 e. The lowest BCUT2D eigenvalue weighted by atomic mass is 10.2. The van der Waals surface area contributed by atoms with Gasteiger partial charge in [-0.25, -0.2) is 0 Å². The van der Waals surface area contributed by atoms with Crippen molar-refractivity contribution < 1.29 is 0 Å². The Morgan fingerprint density at radius 2 is 1.88 bits per heavy atom. The average Bonchev–Trinajstić information content (AvgIpc) is 2.64. The van der Waals surface area contributed by atoms with Crippen molar-refractivity contribution >= 4 is 47.4 Å². The highest BCUT2D eigenvalue weighted by Gasteiger charge is 2.16. The molecule has 1 aromatic carbocycles. The van der Waals surface area contributed by atoms with Gasteiger partial charge in [-0.3, -0.25) is 9.89 Å². The van der Waals surface area contributed by atoms with Crippen molar-refractivity contribution in [2.24, 2.45) is 4.99 Å². The largest absolute Gasteiger partial charge is 0.369 e. The molecule has 1 fully saturated rings. The number of guanidine groups is 1. The van der Waals surface area contributed by atoms with E-state index in [9.17, 15) is 0 Å². The van der Waals surface area contributed by atoms with Crippen LogP contribution in [0.5, 0.6) is 0 Å². The van der Waals surface area contributed by atoms with E-state index in [0.717, 1.165) is 63.9 Å². The minimum atomic E-state index is 0. The second kappa shape index (κ2) is 13.5. The van der Waals surface area contributed by atoms with Crippen molar-refractivity contribution in [1.82, 2.24) is 15.5 Å². The molecule has 1 heterocycles. The van der Waals surface area contributed by atoms with E-state index >= 15 is 0 Å². The number of thioether (sulfide) groups is 1. The molecule has 0 radical (unpaired) electrons. The minimum Gasteiger partial charge on any atom is -0.369 e. The third-order valence-electron chi connectivity index (χ3n) is 4.50. The van der Waals surface area contributed by atoms with Crippen LogP contribution in [0.25, 0.3) is 0 Å². The first-order chi connectivity index (χ1) is 12.2. The summed E-state index contributed by atoms with van der Waals surface area (Å²) in [4.78, 5) is 9.33. The zero-order valence-corrected chi connectivity index (χ0v) is 19.5. The minimum absolute atomic E-state index is 0. The van der Waals surface area contributed by atoms with Gasteiger partial charge < -0.3 is 15.5 Å². The molecule has 0 aromatic heterocycles. The molecule has 0 saturated carbocycles. The summed E-state index contributed by atoms with van der Waals surface area (Å²) < 4.78 is 0. The lowest BCUT2D eigenvalue weighted by Crippen LogP contribution is -2.47. The fourth-order valence-corrected chi connectivity index (χ4v) is 3.36. The Hall–Kier alpha value is -0.670. The summed E-state index contributed by atoms with van der Waals surface area (Å²) in [5, 5.41) is 6.74. The van der Waals surface area contributed by atoms with E-state index in [1.54, 1.807) is 0 Å². The maximum absolute atomic E-state index is 4.26. The first kappa shape index (κ1) is 23.4.